The summed E-state index contributed by atoms with van der Waals surface area (Å²) in [4.78, 5) is 4.88. The van der Waals surface area contributed by atoms with Gasteiger partial charge >= 0.3 is 227 Å². The Labute approximate surface area is 226 Å². The Bertz CT molecular complexity index is 2060. The van der Waals surface area contributed by atoms with E-state index in [1.807, 2.05) is 6.20 Å². The normalized spacial score (nSPS) is 11.7. The van der Waals surface area contributed by atoms with Gasteiger partial charge < -0.3 is 0 Å². The average molecular weight is 550 g/mol. The van der Waals surface area contributed by atoms with Crippen LogP contribution >= 0.6 is 0 Å². The molecule has 0 aliphatic carbocycles. The number of rotatable bonds is 3. The van der Waals surface area contributed by atoms with Crippen LogP contribution in [0.25, 0.3) is 69.2 Å². The summed E-state index contributed by atoms with van der Waals surface area (Å²) in [7, 11) is 0. The van der Waals surface area contributed by atoms with Gasteiger partial charge in [-0.15, -0.1) is 0 Å². The molecule has 0 aliphatic rings. The van der Waals surface area contributed by atoms with Gasteiger partial charge in [-0.3, -0.25) is 0 Å². The molecular formula is C35H22N2Se. The van der Waals surface area contributed by atoms with Crippen molar-refractivity contribution in [2.24, 2.45) is 0 Å². The van der Waals surface area contributed by atoms with E-state index in [2.05, 4.69) is 132 Å². The summed E-state index contributed by atoms with van der Waals surface area (Å²) in [5.41, 5.74) is 9.44. The van der Waals surface area contributed by atoms with E-state index in [0.717, 1.165) is 16.7 Å². The van der Waals surface area contributed by atoms with E-state index in [1.54, 1.807) is 0 Å². The molecule has 178 valence electrons. The second-order valence-electron chi connectivity index (χ2n) is 9.64. The Morgan fingerprint density at radius 2 is 1.21 bits per heavy atom. The summed E-state index contributed by atoms with van der Waals surface area (Å²) in [6.07, 6.45) is 1.91. The Hall–Kier alpha value is -4.43. The van der Waals surface area contributed by atoms with Gasteiger partial charge in [-0.2, -0.15) is 0 Å². The zero-order valence-electron chi connectivity index (χ0n) is 20.5. The third kappa shape index (κ3) is 3.30. The molecule has 38 heavy (non-hydrogen) atoms. The Morgan fingerprint density at radius 1 is 0.526 bits per heavy atom. The molecule has 3 heterocycles. The maximum absolute atomic E-state index is 4.88. The van der Waals surface area contributed by atoms with Gasteiger partial charge in [0.15, 0.2) is 0 Å². The van der Waals surface area contributed by atoms with Gasteiger partial charge in [0.05, 0.1) is 0 Å². The molecule has 3 aromatic heterocycles. The number of nitrogens with zero attached hydrogens (tertiary/aromatic N) is 2. The van der Waals surface area contributed by atoms with Gasteiger partial charge in [-0.05, 0) is 0 Å². The quantitative estimate of drug-likeness (QED) is 0.201. The second-order valence-corrected chi connectivity index (χ2v) is 11.9. The molecule has 0 bridgehead atoms. The van der Waals surface area contributed by atoms with Crippen LogP contribution in [0.5, 0.6) is 0 Å². The van der Waals surface area contributed by atoms with Crippen LogP contribution in [0.2, 0.25) is 0 Å². The van der Waals surface area contributed by atoms with Crippen molar-refractivity contribution in [2.75, 3.05) is 0 Å². The molecule has 0 saturated carbocycles. The van der Waals surface area contributed by atoms with Crippen molar-refractivity contribution < 1.29 is 0 Å². The summed E-state index contributed by atoms with van der Waals surface area (Å²) in [5.74, 6) is 0. The summed E-state index contributed by atoms with van der Waals surface area (Å²) < 4.78 is 5.35. The number of fused-ring (bicyclic) bond motifs is 7. The van der Waals surface area contributed by atoms with E-state index < -0.39 is 0 Å². The molecule has 0 spiro atoms. The van der Waals surface area contributed by atoms with Crippen LogP contribution in [0.15, 0.2) is 134 Å². The van der Waals surface area contributed by atoms with E-state index >= 15 is 0 Å². The molecular weight excluding hydrogens is 527 g/mol. The first-order chi connectivity index (χ1) is 18.8. The minimum atomic E-state index is 0.302. The summed E-state index contributed by atoms with van der Waals surface area (Å²) in [5, 5.41) is 3.93. The third-order valence-electron chi connectivity index (χ3n) is 7.41. The van der Waals surface area contributed by atoms with Gasteiger partial charge in [0, 0.05) is 0 Å². The Kier molecular flexibility index (Phi) is 4.88. The summed E-state index contributed by atoms with van der Waals surface area (Å²) in [6.45, 7) is 0. The molecule has 0 N–H and O–H groups in total. The van der Waals surface area contributed by atoms with Crippen LogP contribution in [0.3, 0.4) is 0 Å². The molecule has 0 atom stereocenters. The van der Waals surface area contributed by atoms with Crippen molar-refractivity contribution in [2.45, 2.75) is 0 Å². The third-order valence-corrected chi connectivity index (χ3v) is 9.80. The monoisotopic (exact) mass is 550 g/mol. The zero-order chi connectivity index (χ0) is 25.1. The standard InChI is InChI=1S/C35H22N2Se/c1-3-10-23(11-4-1)25-20-26(24-12-5-2-6-13-24)22-27(21-25)37-30-15-9-19-36-34(30)29-17-18-32-33(35(29)37)28-14-7-8-16-31(28)38-32/h1-22H. The molecule has 3 heteroatoms. The van der Waals surface area contributed by atoms with Crippen molar-refractivity contribution in [1.82, 2.24) is 9.55 Å². The molecule has 0 amide bonds. The van der Waals surface area contributed by atoms with Crippen LogP contribution in [-0.4, -0.2) is 24.1 Å². The molecule has 0 fully saturated rings. The zero-order valence-corrected chi connectivity index (χ0v) is 22.2. The molecule has 0 aliphatic heterocycles. The first-order valence-corrected chi connectivity index (χ1v) is 14.5. The summed E-state index contributed by atoms with van der Waals surface area (Å²) in [6, 6.07) is 46.1. The predicted molar refractivity (Wildman–Crippen MR) is 161 cm³/mol. The predicted octanol–water partition coefficient (Wildman–Crippen LogP) is 8.88. The van der Waals surface area contributed by atoms with Gasteiger partial charge in [-0.1, -0.05) is 0 Å². The fourth-order valence-corrected chi connectivity index (χ4v) is 8.06. The van der Waals surface area contributed by atoms with E-state index in [1.165, 1.54) is 52.4 Å². The van der Waals surface area contributed by atoms with E-state index in [9.17, 15) is 0 Å². The molecule has 2 nitrogen and oxygen atoms in total. The molecule has 5 aromatic carbocycles. The average Bonchev–Trinajstić information content (AvgIpc) is 3.53. The number of pyridine rings is 1. The molecule has 8 rings (SSSR count). The fraction of sp³-hybridized carbons (Fsp3) is 0. The maximum atomic E-state index is 4.88. The first-order valence-electron chi connectivity index (χ1n) is 12.8. The van der Waals surface area contributed by atoms with Gasteiger partial charge in [0.1, 0.15) is 0 Å². The number of hydrogen-bond donors (Lipinski definition) is 0. The van der Waals surface area contributed by atoms with Gasteiger partial charge in [0.2, 0.25) is 0 Å². The van der Waals surface area contributed by atoms with Crippen molar-refractivity contribution in [3.63, 3.8) is 0 Å². The van der Waals surface area contributed by atoms with Gasteiger partial charge in [-0.25, -0.2) is 0 Å². The van der Waals surface area contributed by atoms with Crippen LogP contribution < -0.4 is 0 Å². The van der Waals surface area contributed by atoms with E-state index in [-0.39, 0.29) is 0 Å². The summed E-state index contributed by atoms with van der Waals surface area (Å²) >= 11 is 0.302. The molecule has 0 radical (unpaired) electrons. The van der Waals surface area contributed by atoms with E-state index in [0.29, 0.717) is 14.5 Å². The van der Waals surface area contributed by atoms with Crippen molar-refractivity contribution in [3.8, 4) is 27.9 Å². The molecule has 8 aromatic rings. The first kappa shape index (κ1) is 21.6. The van der Waals surface area contributed by atoms with Crippen LogP contribution in [-0.2, 0) is 0 Å². The van der Waals surface area contributed by atoms with Crippen LogP contribution in [0.1, 0.15) is 0 Å². The van der Waals surface area contributed by atoms with Crippen molar-refractivity contribution in [1.29, 1.82) is 0 Å². The van der Waals surface area contributed by atoms with Crippen LogP contribution in [0.4, 0.5) is 0 Å². The number of aromatic nitrogens is 2. The molecule has 0 saturated heterocycles. The van der Waals surface area contributed by atoms with Gasteiger partial charge in [0.25, 0.3) is 0 Å². The van der Waals surface area contributed by atoms with Crippen LogP contribution in [0, 0.1) is 0 Å². The Balaban J connectivity index is 1.54. The number of benzene rings is 5. The second kappa shape index (κ2) is 8.56. The molecule has 0 unspecified atom stereocenters. The Morgan fingerprint density at radius 3 is 1.95 bits per heavy atom. The fourth-order valence-electron chi connectivity index (χ4n) is 5.73. The minimum absolute atomic E-state index is 0.302. The van der Waals surface area contributed by atoms with E-state index in [4.69, 9.17) is 4.98 Å². The van der Waals surface area contributed by atoms with Crippen molar-refractivity contribution in [3.05, 3.63) is 134 Å². The topological polar surface area (TPSA) is 17.8 Å². The SMILES string of the molecule is c1ccc(-c2cc(-c3ccccc3)cc(-n3c4cccnc4c4ccc5[se]c6ccccc6c5c43)c2)cc1. The van der Waals surface area contributed by atoms with Crippen molar-refractivity contribution >= 4 is 55.7 Å². The number of hydrogen-bond acceptors (Lipinski definition) is 1.